The Morgan fingerprint density at radius 1 is 1.31 bits per heavy atom. The highest BCUT2D eigenvalue weighted by Crippen LogP contribution is 2.30. The van der Waals surface area contributed by atoms with Crippen molar-refractivity contribution >= 4 is 5.82 Å². The monoisotopic (exact) mass is 222 g/mol. The third-order valence-electron chi connectivity index (χ3n) is 3.65. The summed E-state index contributed by atoms with van der Waals surface area (Å²) in [5.74, 6) is 2.54. The van der Waals surface area contributed by atoms with Gasteiger partial charge in [-0.15, -0.1) is 0 Å². The van der Waals surface area contributed by atoms with Gasteiger partial charge in [0, 0.05) is 12.0 Å². The van der Waals surface area contributed by atoms with Crippen LogP contribution in [0.4, 0.5) is 5.82 Å². The van der Waals surface area contributed by atoms with Crippen LogP contribution in [0.2, 0.25) is 0 Å². The number of rotatable bonds is 5. The molecule has 1 aliphatic rings. The van der Waals surface area contributed by atoms with Crippen molar-refractivity contribution < 1.29 is 4.52 Å². The van der Waals surface area contributed by atoms with E-state index in [4.69, 9.17) is 10.3 Å². The molecule has 0 saturated heterocycles. The van der Waals surface area contributed by atoms with E-state index in [1.807, 2.05) is 0 Å². The Hall–Kier alpha value is -0.990. The molecule has 0 unspecified atom stereocenters. The summed E-state index contributed by atoms with van der Waals surface area (Å²) < 4.78 is 5.33. The summed E-state index contributed by atoms with van der Waals surface area (Å²) in [5.41, 5.74) is 6.96. The van der Waals surface area contributed by atoms with Gasteiger partial charge in [0.05, 0.1) is 0 Å². The molecule has 1 aliphatic carbocycles. The number of nitrogens with zero attached hydrogens (tertiary/aromatic N) is 1. The van der Waals surface area contributed by atoms with E-state index in [1.165, 1.54) is 32.1 Å². The fourth-order valence-corrected chi connectivity index (χ4v) is 2.71. The molecule has 1 saturated carbocycles. The van der Waals surface area contributed by atoms with E-state index in [9.17, 15) is 0 Å². The van der Waals surface area contributed by atoms with E-state index in [2.05, 4.69) is 12.1 Å². The van der Waals surface area contributed by atoms with Crippen LogP contribution in [0.5, 0.6) is 0 Å². The van der Waals surface area contributed by atoms with E-state index in [0.717, 1.165) is 36.5 Å². The number of nitrogen functional groups attached to an aromatic ring is 1. The predicted molar refractivity (Wildman–Crippen MR) is 65.2 cm³/mol. The van der Waals surface area contributed by atoms with Crippen molar-refractivity contribution in [3.63, 3.8) is 0 Å². The molecule has 1 fully saturated rings. The van der Waals surface area contributed by atoms with E-state index in [1.54, 1.807) is 0 Å². The Bertz CT molecular complexity index is 327. The van der Waals surface area contributed by atoms with Gasteiger partial charge in [0.2, 0.25) is 0 Å². The number of nitrogens with two attached hydrogens (primary N) is 1. The number of anilines is 1. The van der Waals surface area contributed by atoms with Gasteiger partial charge in [0.1, 0.15) is 5.76 Å². The van der Waals surface area contributed by atoms with Crippen molar-refractivity contribution in [2.75, 3.05) is 5.73 Å². The lowest BCUT2D eigenvalue weighted by Gasteiger charge is -2.07. The lowest BCUT2D eigenvalue weighted by molar-refractivity contribution is 0.367. The normalized spacial score (nSPS) is 17.1. The van der Waals surface area contributed by atoms with Crippen LogP contribution in [0.3, 0.4) is 0 Å². The molecule has 0 amide bonds. The molecular formula is C13H22N2O. The maximum Gasteiger partial charge on any atom is 0.170 e. The average molecular weight is 222 g/mol. The number of aryl methyl sites for hydroxylation is 1. The van der Waals surface area contributed by atoms with Crippen LogP contribution >= 0.6 is 0 Å². The van der Waals surface area contributed by atoms with Crippen LogP contribution in [0.25, 0.3) is 0 Å². The second-order valence-electron chi connectivity index (χ2n) is 4.91. The molecule has 1 heterocycles. The van der Waals surface area contributed by atoms with Gasteiger partial charge in [-0.05, 0) is 18.8 Å². The minimum Gasteiger partial charge on any atom is -0.381 e. The van der Waals surface area contributed by atoms with Gasteiger partial charge in [-0.2, -0.15) is 0 Å². The van der Waals surface area contributed by atoms with Gasteiger partial charge >= 0.3 is 0 Å². The SMILES string of the molecule is CCCc1c(N)noc1CCC1CCCC1. The Kier molecular flexibility index (Phi) is 3.86. The van der Waals surface area contributed by atoms with Crippen LogP contribution in [-0.4, -0.2) is 5.16 Å². The number of hydrogen-bond acceptors (Lipinski definition) is 3. The predicted octanol–water partition coefficient (Wildman–Crippen LogP) is 3.33. The Morgan fingerprint density at radius 2 is 2.06 bits per heavy atom. The first-order valence-electron chi connectivity index (χ1n) is 6.54. The molecule has 1 aromatic rings. The molecule has 0 bridgehead atoms. The quantitative estimate of drug-likeness (QED) is 0.831. The molecule has 3 nitrogen and oxygen atoms in total. The first-order valence-corrected chi connectivity index (χ1v) is 6.54. The molecule has 16 heavy (non-hydrogen) atoms. The highest BCUT2D eigenvalue weighted by atomic mass is 16.5. The van der Waals surface area contributed by atoms with Crippen molar-refractivity contribution in [3.05, 3.63) is 11.3 Å². The number of aromatic nitrogens is 1. The minimum absolute atomic E-state index is 0.600. The summed E-state index contributed by atoms with van der Waals surface area (Å²) in [5, 5.41) is 3.88. The molecule has 2 N–H and O–H groups in total. The zero-order valence-corrected chi connectivity index (χ0v) is 10.2. The molecule has 1 aromatic heterocycles. The van der Waals surface area contributed by atoms with Gasteiger partial charge in [0.15, 0.2) is 5.82 Å². The summed E-state index contributed by atoms with van der Waals surface area (Å²) in [6, 6.07) is 0. The molecule has 0 radical (unpaired) electrons. The molecule has 0 aliphatic heterocycles. The van der Waals surface area contributed by atoms with Crippen molar-refractivity contribution in [1.82, 2.24) is 5.16 Å². The van der Waals surface area contributed by atoms with E-state index < -0.39 is 0 Å². The topological polar surface area (TPSA) is 52.0 Å². The Labute approximate surface area is 97.4 Å². The first kappa shape index (κ1) is 11.5. The zero-order chi connectivity index (χ0) is 11.4. The molecule has 2 rings (SSSR count). The molecular weight excluding hydrogens is 200 g/mol. The maximum atomic E-state index is 5.81. The van der Waals surface area contributed by atoms with Gasteiger partial charge < -0.3 is 10.3 Å². The van der Waals surface area contributed by atoms with Crippen molar-refractivity contribution in [3.8, 4) is 0 Å². The second kappa shape index (κ2) is 5.37. The van der Waals surface area contributed by atoms with Crippen LogP contribution in [0.15, 0.2) is 4.52 Å². The lowest BCUT2D eigenvalue weighted by atomic mass is 9.99. The standard InChI is InChI=1S/C13H22N2O/c1-2-5-11-12(16-15-13(11)14)9-8-10-6-3-4-7-10/h10H,2-9H2,1H3,(H2,14,15). The fraction of sp³-hybridized carbons (Fsp3) is 0.769. The van der Waals surface area contributed by atoms with Crippen LogP contribution in [0, 0.1) is 5.92 Å². The summed E-state index contributed by atoms with van der Waals surface area (Å²) in [7, 11) is 0. The Balaban J connectivity index is 1.92. The highest BCUT2D eigenvalue weighted by Gasteiger charge is 2.18. The molecule has 3 heteroatoms. The van der Waals surface area contributed by atoms with Crippen molar-refractivity contribution in [1.29, 1.82) is 0 Å². The molecule has 0 spiro atoms. The number of hydrogen-bond donors (Lipinski definition) is 1. The summed E-state index contributed by atoms with van der Waals surface area (Å²) in [6.07, 6.45) is 9.96. The van der Waals surface area contributed by atoms with Gasteiger partial charge in [-0.3, -0.25) is 0 Å². The lowest BCUT2D eigenvalue weighted by Crippen LogP contribution is -1.99. The summed E-state index contributed by atoms with van der Waals surface area (Å²) in [4.78, 5) is 0. The highest BCUT2D eigenvalue weighted by molar-refractivity contribution is 5.40. The molecule has 0 aromatic carbocycles. The third-order valence-corrected chi connectivity index (χ3v) is 3.65. The smallest absolute Gasteiger partial charge is 0.170 e. The summed E-state index contributed by atoms with van der Waals surface area (Å²) >= 11 is 0. The Morgan fingerprint density at radius 3 is 2.75 bits per heavy atom. The average Bonchev–Trinajstić information content (AvgIpc) is 2.89. The van der Waals surface area contributed by atoms with Gasteiger partial charge in [-0.1, -0.05) is 44.2 Å². The van der Waals surface area contributed by atoms with Crippen LogP contribution < -0.4 is 5.73 Å². The molecule has 90 valence electrons. The zero-order valence-electron chi connectivity index (χ0n) is 10.2. The largest absolute Gasteiger partial charge is 0.381 e. The van der Waals surface area contributed by atoms with Crippen molar-refractivity contribution in [2.45, 2.75) is 58.3 Å². The van der Waals surface area contributed by atoms with Crippen molar-refractivity contribution in [2.24, 2.45) is 5.92 Å². The van der Waals surface area contributed by atoms with E-state index in [-0.39, 0.29) is 0 Å². The maximum absolute atomic E-state index is 5.81. The van der Waals surface area contributed by atoms with Crippen LogP contribution in [0.1, 0.15) is 56.8 Å². The van der Waals surface area contributed by atoms with Crippen LogP contribution in [-0.2, 0) is 12.8 Å². The third kappa shape index (κ3) is 2.57. The first-order chi connectivity index (χ1) is 7.81. The summed E-state index contributed by atoms with van der Waals surface area (Å²) in [6.45, 7) is 2.16. The van der Waals surface area contributed by atoms with Gasteiger partial charge in [-0.25, -0.2) is 0 Å². The fourth-order valence-electron chi connectivity index (χ4n) is 2.71. The molecule has 0 atom stereocenters. The van der Waals surface area contributed by atoms with E-state index >= 15 is 0 Å². The second-order valence-corrected chi connectivity index (χ2v) is 4.91. The van der Waals surface area contributed by atoms with Gasteiger partial charge in [0.25, 0.3) is 0 Å². The van der Waals surface area contributed by atoms with E-state index in [0.29, 0.717) is 5.82 Å². The minimum atomic E-state index is 0.600.